The van der Waals surface area contributed by atoms with Crippen LogP contribution in [0.5, 0.6) is 0 Å². The first-order valence-electron chi connectivity index (χ1n) is 16.7. The summed E-state index contributed by atoms with van der Waals surface area (Å²) in [6.07, 6.45) is 2.30. The molecule has 0 spiro atoms. The van der Waals surface area contributed by atoms with Gasteiger partial charge in [0.1, 0.15) is 6.54 Å². The summed E-state index contributed by atoms with van der Waals surface area (Å²) in [5.41, 5.74) is 0. The predicted octanol–water partition coefficient (Wildman–Crippen LogP) is 2.81. The summed E-state index contributed by atoms with van der Waals surface area (Å²) in [7, 11) is -2.43. The number of carbonyl (C=O) groups excluding carboxylic acids is 5. The molecule has 12 heteroatoms. The molecule has 2 atom stereocenters. The molecule has 264 valence electrons. The van der Waals surface area contributed by atoms with Crippen LogP contribution in [0, 0.1) is 0 Å². The van der Waals surface area contributed by atoms with Gasteiger partial charge in [-0.25, -0.2) is 0 Å². The molecule has 0 unspecified atom stereocenters. The second-order valence-corrected chi connectivity index (χ2v) is 15.9. The fourth-order valence-electron chi connectivity index (χ4n) is 5.77. The molecule has 3 N–H and O–H groups in total. The molecule has 3 amide bonds. The summed E-state index contributed by atoms with van der Waals surface area (Å²) in [6, 6.07) is 29.7. The molecule has 0 heterocycles. The number of carbonyl (C=O) groups is 5. The van der Waals surface area contributed by atoms with Crippen LogP contribution >= 0.6 is 19.9 Å². The van der Waals surface area contributed by atoms with E-state index in [1.165, 1.54) is 15.9 Å². The van der Waals surface area contributed by atoms with E-state index in [0.29, 0.717) is 6.42 Å². The number of thiol groups is 1. The normalized spacial score (nSPS) is 12.6. The number of benzene rings is 3. The van der Waals surface area contributed by atoms with Crippen molar-refractivity contribution in [1.82, 2.24) is 16.0 Å². The molecule has 3 rings (SSSR count). The van der Waals surface area contributed by atoms with Gasteiger partial charge in [0.25, 0.3) is 0 Å². The molecular formula is C37H48N3O7PS. The van der Waals surface area contributed by atoms with E-state index in [1.807, 2.05) is 18.2 Å². The number of ether oxygens (including phenoxy) is 2. The number of esters is 2. The van der Waals surface area contributed by atoms with Crippen molar-refractivity contribution in [1.29, 1.82) is 0 Å². The van der Waals surface area contributed by atoms with E-state index in [-0.39, 0.29) is 50.7 Å². The first kappa shape index (κ1) is 39.2. The number of unbranched alkanes of at least 4 members (excludes halogenated alkanes) is 1. The Balaban J connectivity index is 1.62. The fourth-order valence-corrected chi connectivity index (χ4v) is 11.0. The summed E-state index contributed by atoms with van der Waals surface area (Å²) >= 11 is 4.13. The van der Waals surface area contributed by atoms with Gasteiger partial charge in [0, 0.05) is 5.75 Å². The molecule has 3 aromatic carbocycles. The van der Waals surface area contributed by atoms with Crippen LogP contribution in [-0.4, -0.2) is 73.4 Å². The summed E-state index contributed by atoms with van der Waals surface area (Å²) in [4.78, 5) is 62.5. The minimum atomic E-state index is -2.43. The third-order valence-electron chi connectivity index (χ3n) is 8.12. The Bertz CT molecular complexity index is 1400. The van der Waals surface area contributed by atoms with Gasteiger partial charge in [-0.2, -0.15) is 12.6 Å². The maximum atomic E-state index is 13.1. The maximum absolute atomic E-state index is 13.1. The summed E-state index contributed by atoms with van der Waals surface area (Å²) in [6.45, 7) is 3.28. The average Bonchev–Trinajstić information content (AvgIpc) is 3.12. The van der Waals surface area contributed by atoms with Gasteiger partial charge in [0.2, 0.25) is 5.91 Å². The zero-order valence-electron chi connectivity index (χ0n) is 28.2. The number of nitrogens with one attached hydrogen (secondary N) is 3. The van der Waals surface area contributed by atoms with Gasteiger partial charge in [0.05, 0.1) is 6.61 Å². The van der Waals surface area contributed by atoms with Gasteiger partial charge in [-0.3, -0.25) is 9.59 Å². The van der Waals surface area contributed by atoms with Crippen molar-refractivity contribution in [2.45, 2.75) is 58.0 Å². The van der Waals surface area contributed by atoms with Gasteiger partial charge in [-0.15, -0.1) is 0 Å². The van der Waals surface area contributed by atoms with Crippen LogP contribution in [0.25, 0.3) is 0 Å². The fraction of sp³-hybridized carbons (Fsp3) is 0.378. The van der Waals surface area contributed by atoms with Gasteiger partial charge < -0.3 is 10.1 Å². The second kappa shape index (κ2) is 21.0. The van der Waals surface area contributed by atoms with E-state index >= 15 is 0 Å². The number of amides is 3. The Kier molecular flexibility index (Phi) is 16.8. The Hall–Kier alpha value is -4.21. The minimum absolute atomic E-state index is 0.0125. The molecule has 0 bridgehead atoms. The molecule has 0 saturated carbocycles. The molecule has 0 aliphatic heterocycles. The van der Waals surface area contributed by atoms with Crippen molar-refractivity contribution in [2.75, 3.05) is 31.7 Å². The quantitative estimate of drug-likeness (QED) is 0.0613. The molecule has 49 heavy (non-hydrogen) atoms. The SMILES string of the molecule is CCOC(=O)CNC(=O)[C@H](CS)NC(=O)CC[C@H](NC(=O)CCCC[PH](c1ccccc1)(c1ccccc1)c1ccccc1)C(=O)OCC. The van der Waals surface area contributed by atoms with E-state index in [9.17, 15) is 24.0 Å². The first-order valence-corrected chi connectivity index (χ1v) is 19.5. The molecule has 10 nitrogen and oxygen atoms in total. The van der Waals surface area contributed by atoms with Crippen molar-refractivity contribution < 1.29 is 33.4 Å². The summed E-state index contributed by atoms with van der Waals surface area (Å²) in [5.74, 6) is -2.66. The molecule has 0 aliphatic rings. The molecule has 0 radical (unpaired) electrons. The van der Waals surface area contributed by atoms with Gasteiger partial charge in [-0.05, 0) is 6.92 Å². The Morgan fingerprint density at radius 2 is 1.16 bits per heavy atom. The van der Waals surface area contributed by atoms with E-state index in [4.69, 9.17) is 9.47 Å². The topological polar surface area (TPSA) is 140 Å². The van der Waals surface area contributed by atoms with Crippen molar-refractivity contribution in [2.24, 2.45) is 0 Å². The van der Waals surface area contributed by atoms with Crippen molar-refractivity contribution in [3.8, 4) is 0 Å². The van der Waals surface area contributed by atoms with Crippen LogP contribution in [0.15, 0.2) is 91.0 Å². The number of rotatable bonds is 20. The van der Waals surface area contributed by atoms with Crippen LogP contribution in [0.1, 0.15) is 46.0 Å². The van der Waals surface area contributed by atoms with Gasteiger partial charge >= 0.3 is 232 Å². The van der Waals surface area contributed by atoms with Crippen molar-refractivity contribution >= 4 is 65.5 Å². The Morgan fingerprint density at radius 1 is 0.673 bits per heavy atom. The van der Waals surface area contributed by atoms with Crippen molar-refractivity contribution in [3.63, 3.8) is 0 Å². The molecule has 3 aromatic rings. The third-order valence-corrected chi connectivity index (χ3v) is 13.5. The Morgan fingerprint density at radius 3 is 1.65 bits per heavy atom. The average molecular weight is 710 g/mol. The molecule has 0 saturated heterocycles. The van der Waals surface area contributed by atoms with Gasteiger partial charge in [-0.1, -0.05) is 0 Å². The van der Waals surface area contributed by atoms with Gasteiger partial charge in [0.15, 0.2) is 0 Å². The number of hydrogen-bond acceptors (Lipinski definition) is 8. The zero-order valence-corrected chi connectivity index (χ0v) is 30.1. The van der Waals surface area contributed by atoms with Crippen LogP contribution in [0.2, 0.25) is 0 Å². The molecule has 0 aliphatic carbocycles. The standard InChI is InChI=1S/C37H48N3O7PS/c1-3-46-35(43)26-38-36(44)32(27-49)40-34(42)24-23-31(37(45)47-4-2)39-33(41)22-14-15-25-48(28-16-8-5-9-17-28,29-18-10-6-11-19-29)30-20-12-7-13-21-30/h5-13,16-21,31-32,48-49H,3-4,14-15,22-27H2,1-2H3,(H,38,44)(H,39,41)(H,40,42)/t31-,32-/m0/s1. The summed E-state index contributed by atoms with van der Waals surface area (Å²) < 4.78 is 9.96. The zero-order chi connectivity index (χ0) is 35.5. The second-order valence-electron chi connectivity index (χ2n) is 11.4. The number of hydrogen-bond donors (Lipinski definition) is 4. The van der Waals surface area contributed by atoms with Crippen LogP contribution in [0.4, 0.5) is 0 Å². The Labute approximate surface area is 294 Å². The predicted molar refractivity (Wildman–Crippen MR) is 198 cm³/mol. The summed E-state index contributed by atoms with van der Waals surface area (Å²) in [5, 5.41) is 11.6. The first-order chi connectivity index (χ1) is 23.7. The molecule has 0 fully saturated rings. The molecular weight excluding hydrogens is 661 g/mol. The van der Waals surface area contributed by atoms with E-state index in [2.05, 4.69) is 101 Å². The van der Waals surface area contributed by atoms with E-state index in [1.54, 1.807) is 13.8 Å². The molecule has 0 aromatic heterocycles. The van der Waals surface area contributed by atoms with Crippen LogP contribution in [0.3, 0.4) is 0 Å². The van der Waals surface area contributed by atoms with Crippen molar-refractivity contribution in [3.05, 3.63) is 91.0 Å². The van der Waals surface area contributed by atoms with Crippen LogP contribution in [-0.2, 0) is 33.4 Å². The van der Waals surface area contributed by atoms with Crippen LogP contribution < -0.4 is 31.9 Å². The monoisotopic (exact) mass is 709 g/mol. The van der Waals surface area contributed by atoms with E-state index < -0.39 is 43.1 Å². The van der Waals surface area contributed by atoms with E-state index in [0.717, 1.165) is 12.6 Å². The third kappa shape index (κ3) is 12.0.